The Morgan fingerprint density at radius 3 is 2.59 bits per heavy atom. The predicted octanol–water partition coefficient (Wildman–Crippen LogP) is 4.31. The Morgan fingerprint density at radius 1 is 1.08 bits per heavy atom. The number of fused-ring (bicyclic) bond motifs is 5. The number of nitrogens with zero attached hydrogens (tertiary/aromatic N) is 2. The highest BCUT2D eigenvalue weighted by atomic mass is 16.5. The van der Waals surface area contributed by atoms with Gasteiger partial charge in [0.1, 0.15) is 6.61 Å². The molecule has 1 saturated heterocycles. The molecule has 4 saturated carbocycles. The van der Waals surface area contributed by atoms with Crippen LogP contribution in [0.2, 0.25) is 0 Å². The molecule has 218 valence electrons. The Morgan fingerprint density at radius 2 is 1.87 bits per heavy atom. The number of carbonyl (C=O) groups is 2. The van der Waals surface area contributed by atoms with Crippen LogP contribution in [0.4, 0.5) is 4.79 Å². The summed E-state index contributed by atoms with van der Waals surface area (Å²) in [6.07, 6.45) is 10.6. The van der Waals surface area contributed by atoms with Crippen LogP contribution in [0.1, 0.15) is 78.1 Å². The van der Waals surface area contributed by atoms with Crippen molar-refractivity contribution < 1.29 is 29.3 Å². The normalized spacial score (nSPS) is 44.1. The van der Waals surface area contributed by atoms with E-state index in [9.17, 15) is 19.8 Å². The maximum absolute atomic E-state index is 12.4. The number of morpholine rings is 1. The molecule has 8 heteroatoms. The van der Waals surface area contributed by atoms with Gasteiger partial charge in [0.15, 0.2) is 0 Å². The van der Waals surface area contributed by atoms with Crippen molar-refractivity contribution in [1.82, 2.24) is 9.80 Å². The molecule has 8 atom stereocenters. The number of carbonyl (C=O) groups excluding carboxylic acids is 1. The fourth-order valence-corrected chi connectivity index (χ4v) is 10.4. The van der Waals surface area contributed by atoms with Crippen molar-refractivity contribution in [3.8, 4) is 0 Å². The quantitative estimate of drug-likeness (QED) is 0.481. The zero-order valence-electron chi connectivity index (χ0n) is 23.9. The van der Waals surface area contributed by atoms with Gasteiger partial charge < -0.3 is 24.6 Å². The van der Waals surface area contributed by atoms with Crippen LogP contribution in [0.3, 0.4) is 0 Å². The standard InChI is InChI=1S/C31H48N2O6/c1-29-9-6-23(33(28(35)36)13-3-12-32-14-16-38-17-15-32)19-22(29)4-5-26-25(29)7-10-30(2)24(8-11-31(26,30)37)21-18-27(34)39-20-21/h18,22-26,37H,3-17,19-20H2,1-2H3,(H,35,36)/t22-,23+,24-,25+,26-,29+,30-,31+/m1/s1. The lowest BCUT2D eigenvalue weighted by molar-refractivity contribution is -0.206. The van der Waals surface area contributed by atoms with Gasteiger partial charge >= 0.3 is 12.1 Å². The molecular formula is C31H48N2O6. The van der Waals surface area contributed by atoms with Gasteiger partial charge in [-0.05, 0) is 98.9 Å². The summed E-state index contributed by atoms with van der Waals surface area (Å²) in [5, 5.41) is 22.6. The molecule has 2 heterocycles. The molecule has 2 aliphatic heterocycles. The number of esters is 1. The van der Waals surface area contributed by atoms with E-state index in [0.717, 1.165) is 103 Å². The summed E-state index contributed by atoms with van der Waals surface area (Å²) in [4.78, 5) is 28.3. The number of ether oxygens (including phenoxy) is 2. The number of amides is 1. The summed E-state index contributed by atoms with van der Waals surface area (Å²) in [7, 11) is 0. The first-order valence-electron chi connectivity index (χ1n) is 15.5. The van der Waals surface area contributed by atoms with E-state index in [0.29, 0.717) is 25.0 Å². The smallest absolute Gasteiger partial charge is 0.407 e. The molecule has 2 N–H and O–H groups in total. The lowest BCUT2D eigenvalue weighted by atomic mass is 9.43. The molecule has 0 aromatic heterocycles. The third-order valence-electron chi connectivity index (χ3n) is 12.6. The third-order valence-corrected chi connectivity index (χ3v) is 12.6. The molecule has 6 rings (SSSR count). The number of hydrogen-bond donors (Lipinski definition) is 2. The second kappa shape index (κ2) is 10.3. The van der Waals surface area contributed by atoms with Gasteiger partial charge in [-0.3, -0.25) is 4.90 Å². The number of aliphatic hydroxyl groups is 1. The van der Waals surface area contributed by atoms with Gasteiger partial charge in [0.25, 0.3) is 0 Å². The summed E-state index contributed by atoms with van der Waals surface area (Å²) in [6.45, 7) is 10.1. The van der Waals surface area contributed by atoms with E-state index in [2.05, 4.69) is 18.7 Å². The van der Waals surface area contributed by atoms with Crippen LogP contribution in [0, 0.1) is 34.5 Å². The van der Waals surface area contributed by atoms with Gasteiger partial charge in [0.2, 0.25) is 0 Å². The van der Waals surface area contributed by atoms with Crippen LogP contribution in [0.25, 0.3) is 0 Å². The fourth-order valence-electron chi connectivity index (χ4n) is 10.4. The van der Waals surface area contributed by atoms with Crippen LogP contribution in [0.5, 0.6) is 0 Å². The SMILES string of the molecule is C[C@]12CC[C@H](N(CCCN3CCOCC3)C(=O)O)C[C@H]1CC[C@@H]1[C@@H]2CC[C@]2(C)[C@@H](C3=CC(=O)OC3)CC[C@]12O. The molecule has 0 radical (unpaired) electrons. The number of hydrogen-bond acceptors (Lipinski definition) is 6. The maximum atomic E-state index is 12.4. The lowest BCUT2D eigenvalue weighted by Gasteiger charge is -2.64. The molecule has 39 heavy (non-hydrogen) atoms. The van der Waals surface area contributed by atoms with Crippen molar-refractivity contribution in [3.63, 3.8) is 0 Å². The molecule has 6 aliphatic rings. The fraction of sp³-hybridized carbons (Fsp3) is 0.871. The third kappa shape index (κ3) is 4.53. The Hall–Kier alpha value is -1.64. The number of cyclic esters (lactones) is 1. The van der Waals surface area contributed by atoms with Gasteiger partial charge in [-0.25, -0.2) is 9.59 Å². The van der Waals surface area contributed by atoms with Gasteiger partial charge in [-0.1, -0.05) is 13.8 Å². The van der Waals surface area contributed by atoms with E-state index in [-0.39, 0.29) is 34.7 Å². The first kappa shape index (κ1) is 27.5. The average Bonchev–Trinajstić information content (AvgIpc) is 3.46. The molecule has 0 unspecified atom stereocenters. The first-order valence-corrected chi connectivity index (χ1v) is 15.5. The summed E-state index contributed by atoms with van der Waals surface area (Å²) < 4.78 is 10.7. The minimum Gasteiger partial charge on any atom is -0.465 e. The van der Waals surface area contributed by atoms with E-state index in [1.165, 1.54) is 0 Å². The van der Waals surface area contributed by atoms with Crippen LogP contribution >= 0.6 is 0 Å². The predicted molar refractivity (Wildman–Crippen MR) is 146 cm³/mol. The van der Waals surface area contributed by atoms with Crippen molar-refractivity contribution in [2.45, 2.75) is 89.7 Å². The summed E-state index contributed by atoms with van der Waals surface area (Å²) in [5.41, 5.74) is 0.317. The second-order valence-corrected chi connectivity index (χ2v) is 14.0. The minimum absolute atomic E-state index is 0.0986. The van der Waals surface area contributed by atoms with Crippen LogP contribution < -0.4 is 0 Å². The first-order chi connectivity index (χ1) is 18.7. The Bertz CT molecular complexity index is 996. The number of rotatable bonds is 6. The zero-order chi connectivity index (χ0) is 27.4. The van der Waals surface area contributed by atoms with E-state index in [1.54, 1.807) is 11.0 Å². The molecular weight excluding hydrogens is 496 g/mol. The highest BCUT2D eigenvalue weighted by Crippen LogP contribution is 2.70. The summed E-state index contributed by atoms with van der Waals surface area (Å²) in [5.74, 6) is 1.25. The van der Waals surface area contributed by atoms with E-state index < -0.39 is 11.7 Å². The average molecular weight is 545 g/mol. The van der Waals surface area contributed by atoms with Crippen molar-refractivity contribution in [2.24, 2.45) is 34.5 Å². The molecule has 0 aromatic rings. The van der Waals surface area contributed by atoms with Crippen molar-refractivity contribution >= 4 is 12.1 Å². The summed E-state index contributed by atoms with van der Waals surface area (Å²) >= 11 is 0. The van der Waals surface area contributed by atoms with Crippen LogP contribution in [-0.2, 0) is 14.3 Å². The van der Waals surface area contributed by atoms with E-state index in [4.69, 9.17) is 9.47 Å². The number of carboxylic acid groups (broad SMARTS) is 1. The monoisotopic (exact) mass is 544 g/mol. The van der Waals surface area contributed by atoms with Gasteiger partial charge in [-0.2, -0.15) is 0 Å². The van der Waals surface area contributed by atoms with Crippen LogP contribution in [0.15, 0.2) is 11.6 Å². The van der Waals surface area contributed by atoms with Crippen molar-refractivity contribution in [1.29, 1.82) is 0 Å². The molecule has 8 nitrogen and oxygen atoms in total. The van der Waals surface area contributed by atoms with Gasteiger partial charge in [0.05, 0.1) is 18.8 Å². The maximum Gasteiger partial charge on any atom is 0.407 e. The highest BCUT2D eigenvalue weighted by molar-refractivity contribution is 5.85. The topological polar surface area (TPSA) is 99.5 Å². The lowest BCUT2D eigenvalue weighted by Crippen LogP contribution is -2.63. The minimum atomic E-state index is -0.775. The van der Waals surface area contributed by atoms with Crippen molar-refractivity contribution in [3.05, 3.63) is 11.6 Å². The molecule has 0 aromatic carbocycles. The molecule has 5 fully saturated rings. The molecule has 1 amide bonds. The van der Waals surface area contributed by atoms with E-state index >= 15 is 0 Å². The largest absolute Gasteiger partial charge is 0.465 e. The van der Waals surface area contributed by atoms with E-state index in [1.807, 2.05) is 0 Å². The zero-order valence-corrected chi connectivity index (χ0v) is 23.9. The molecule has 4 aliphatic carbocycles. The molecule has 0 spiro atoms. The summed E-state index contributed by atoms with van der Waals surface area (Å²) in [6, 6.07) is 0.0986. The Balaban J connectivity index is 1.13. The van der Waals surface area contributed by atoms with Crippen molar-refractivity contribution in [2.75, 3.05) is 46.0 Å². The van der Waals surface area contributed by atoms with Crippen LogP contribution in [-0.4, -0.2) is 89.7 Å². The highest BCUT2D eigenvalue weighted by Gasteiger charge is 2.67. The Labute approximate surface area is 233 Å². The second-order valence-electron chi connectivity index (χ2n) is 14.0. The Kier molecular flexibility index (Phi) is 7.29. The molecule has 0 bridgehead atoms. The van der Waals surface area contributed by atoms with Gasteiger partial charge in [-0.15, -0.1) is 0 Å². The van der Waals surface area contributed by atoms with Gasteiger partial charge in [0, 0.05) is 43.7 Å².